The molecule has 3 amide bonds. The van der Waals surface area contributed by atoms with Crippen molar-refractivity contribution >= 4 is 23.3 Å². The first-order chi connectivity index (χ1) is 10.0. The van der Waals surface area contributed by atoms with E-state index in [1.807, 2.05) is 0 Å². The first-order valence-corrected chi connectivity index (χ1v) is 7.50. The Morgan fingerprint density at radius 3 is 2.14 bits per heavy atom. The molecule has 2 atom stereocenters. The smallest absolute Gasteiger partial charge is 0.319 e. The average molecular weight is 289 g/mol. The van der Waals surface area contributed by atoms with Crippen LogP contribution in [0.4, 0.5) is 16.2 Å². The molecule has 0 spiro atoms. The van der Waals surface area contributed by atoms with Crippen LogP contribution < -0.4 is 16.0 Å². The summed E-state index contributed by atoms with van der Waals surface area (Å²) in [6, 6.07) is 7.17. The van der Waals surface area contributed by atoms with Crippen LogP contribution in [-0.2, 0) is 4.79 Å². The molecule has 5 nitrogen and oxygen atoms in total. The minimum Gasteiger partial charge on any atom is -0.335 e. The van der Waals surface area contributed by atoms with E-state index < -0.39 is 0 Å². The largest absolute Gasteiger partial charge is 0.335 e. The molecule has 0 radical (unpaired) electrons. The molecule has 1 saturated carbocycles. The fourth-order valence-electron chi connectivity index (χ4n) is 2.71. The van der Waals surface area contributed by atoms with Gasteiger partial charge in [-0.25, -0.2) is 4.79 Å². The molecule has 114 valence electrons. The number of carbonyl (C=O) groups is 2. The van der Waals surface area contributed by atoms with Crippen LogP contribution in [0.15, 0.2) is 24.3 Å². The number of urea groups is 1. The number of amides is 3. The van der Waals surface area contributed by atoms with E-state index in [9.17, 15) is 9.59 Å². The maximum atomic E-state index is 12.0. The number of nitrogens with one attached hydrogen (secondary N) is 3. The Kier molecular flexibility index (Phi) is 5.20. The number of hydrogen-bond donors (Lipinski definition) is 3. The van der Waals surface area contributed by atoms with Crippen molar-refractivity contribution in [2.75, 3.05) is 10.6 Å². The van der Waals surface area contributed by atoms with Crippen molar-refractivity contribution < 1.29 is 9.59 Å². The predicted molar refractivity (Wildman–Crippen MR) is 84.3 cm³/mol. The van der Waals surface area contributed by atoms with Crippen molar-refractivity contribution in [2.45, 2.75) is 45.6 Å². The van der Waals surface area contributed by atoms with Crippen molar-refractivity contribution in [3.05, 3.63) is 24.3 Å². The first kappa shape index (κ1) is 15.4. The molecule has 0 saturated heterocycles. The molecule has 0 aromatic heterocycles. The molecule has 2 unspecified atom stereocenters. The molecule has 1 fully saturated rings. The van der Waals surface area contributed by atoms with Gasteiger partial charge in [-0.3, -0.25) is 4.79 Å². The first-order valence-electron chi connectivity index (χ1n) is 7.50. The lowest BCUT2D eigenvalue weighted by Crippen LogP contribution is -2.43. The number of rotatable bonds is 3. The maximum absolute atomic E-state index is 12.0. The van der Waals surface area contributed by atoms with Gasteiger partial charge in [-0.1, -0.05) is 19.8 Å². The van der Waals surface area contributed by atoms with Crippen LogP contribution in [-0.4, -0.2) is 18.0 Å². The predicted octanol–water partition coefficient (Wildman–Crippen LogP) is 3.35. The molecule has 1 aromatic rings. The lowest BCUT2D eigenvalue weighted by atomic mass is 9.86. The summed E-state index contributed by atoms with van der Waals surface area (Å²) in [5.41, 5.74) is 1.43. The van der Waals surface area contributed by atoms with Crippen molar-refractivity contribution in [1.29, 1.82) is 0 Å². The second-order valence-corrected chi connectivity index (χ2v) is 5.73. The highest BCUT2D eigenvalue weighted by atomic mass is 16.2. The summed E-state index contributed by atoms with van der Waals surface area (Å²) in [6.45, 7) is 3.65. The Labute approximate surface area is 125 Å². The third-order valence-electron chi connectivity index (χ3n) is 3.89. The second kappa shape index (κ2) is 7.11. The van der Waals surface area contributed by atoms with Crippen molar-refractivity contribution in [3.63, 3.8) is 0 Å². The van der Waals surface area contributed by atoms with Crippen LogP contribution in [0.3, 0.4) is 0 Å². The van der Waals surface area contributed by atoms with Gasteiger partial charge in [0.2, 0.25) is 5.91 Å². The Morgan fingerprint density at radius 2 is 1.57 bits per heavy atom. The van der Waals surface area contributed by atoms with Crippen LogP contribution in [0.5, 0.6) is 0 Å². The lowest BCUT2D eigenvalue weighted by Gasteiger charge is -2.29. The number of carbonyl (C=O) groups excluding carboxylic acids is 2. The SMILES string of the molecule is CC(=O)Nc1ccc(NC(=O)NC2CCCCC2C)cc1. The minimum atomic E-state index is -0.166. The van der Waals surface area contributed by atoms with Gasteiger partial charge in [-0.15, -0.1) is 0 Å². The van der Waals surface area contributed by atoms with E-state index in [1.165, 1.54) is 26.2 Å². The molecule has 2 rings (SSSR count). The average Bonchev–Trinajstić information content (AvgIpc) is 2.43. The van der Waals surface area contributed by atoms with E-state index in [0.29, 0.717) is 11.6 Å². The van der Waals surface area contributed by atoms with Crippen LogP contribution >= 0.6 is 0 Å². The van der Waals surface area contributed by atoms with E-state index in [0.717, 1.165) is 12.1 Å². The molecule has 0 aliphatic heterocycles. The monoisotopic (exact) mass is 289 g/mol. The van der Waals surface area contributed by atoms with Crippen LogP contribution in [0.1, 0.15) is 39.5 Å². The second-order valence-electron chi connectivity index (χ2n) is 5.73. The Morgan fingerprint density at radius 1 is 1.00 bits per heavy atom. The van der Waals surface area contributed by atoms with Gasteiger partial charge >= 0.3 is 6.03 Å². The summed E-state index contributed by atoms with van der Waals surface area (Å²) in [6.07, 6.45) is 4.67. The van der Waals surface area contributed by atoms with Gasteiger partial charge in [0.1, 0.15) is 0 Å². The summed E-state index contributed by atoms with van der Waals surface area (Å²) in [4.78, 5) is 22.9. The van der Waals surface area contributed by atoms with Gasteiger partial charge < -0.3 is 16.0 Å². The van der Waals surface area contributed by atoms with Gasteiger partial charge in [-0.2, -0.15) is 0 Å². The molecule has 0 heterocycles. The van der Waals surface area contributed by atoms with Gasteiger partial charge in [0.05, 0.1) is 0 Å². The molecule has 1 aliphatic carbocycles. The Hall–Kier alpha value is -2.04. The molecular formula is C16H23N3O2. The molecule has 0 bridgehead atoms. The molecule has 1 aliphatic rings. The van der Waals surface area contributed by atoms with Crippen molar-refractivity contribution in [2.24, 2.45) is 5.92 Å². The van der Waals surface area contributed by atoms with Gasteiger partial charge in [0.15, 0.2) is 0 Å². The van der Waals surface area contributed by atoms with E-state index in [2.05, 4.69) is 22.9 Å². The van der Waals surface area contributed by atoms with E-state index in [4.69, 9.17) is 0 Å². The molecule has 3 N–H and O–H groups in total. The van der Waals surface area contributed by atoms with E-state index in [-0.39, 0.29) is 18.0 Å². The van der Waals surface area contributed by atoms with Crippen LogP contribution in [0.2, 0.25) is 0 Å². The standard InChI is InChI=1S/C16H23N3O2/c1-11-5-3-4-6-15(11)19-16(21)18-14-9-7-13(8-10-14)17-12(2)20/h7-11,15H,3-6H2,1-2H3,(H,17,20)(H2,18,19,21). The Bertz CT molecular complexity index is 499. The number of anilines is 2. The normalized spacial score (nSPS) is 21.4. The fourth-order valence-corrected chi connectivity index (χ4v) is 2.71. The summed E-state index contributed by atoms with van der Waals surface area (Å²) >= 11 is 0. The summed E-state index contributed by atoms with van der Waals surface area (Å²) in [5.74, 6) is 0.423. The van der Waals surface area contributed by atoms with Gasteiger partial charge in [0.25, 0.3) is 0 Å². The zero-order chi connectivity index (χ0) is 15.2. The maximum Gasteiger partial charge on any atom is 0.319 e. The zero-order valence-electron chi connectivity index (χ0n) is 12.6. The third kappa shape index (κ3) is 4.77. The summed E-state index contributed by atoms with van der Waals surface area (Å²) < 4.78 is 0. The van der Waals surface area contributed by atoms with Crippen molar-refractivity contribution in [3.8, 4) is 0 Å². The van der Waals surface area contributed by atoms with Crippen LogP contribution in [0, 0.1) is 5.92 Å². The zero-order valence-corrected chi connectivity index (χ0v) is 12.6. The van der Waals surface area contributed by atoms with Gasteiger partial charge in [-0.05, 0) is 43.0 Å². The quantitative estimate of drug-likeness (QED) is 0.798. The highest BCUT2D eigenvalue weighted by molar-refractivity contribution is 5.91. The fraction of sp³-hybridized carbons (Fsp3) is 0.500. The van der Waals surface area contributed by atoms with Gasteiger partial charge in [0, 0.05) is 24.3 Å². The van der Waals surface area contributed by atoms with E-state index >= 15 is 0 Å². The summed E-state index contributed by atoms with van der Waals surface area (Å²) in [7, 11) is 0. The molecule has 5 heteroatoms. The topological polar surface area (TPSA) is 70.2 Å². The summed E-state index contributed by atoms with van der Waals surface area (Å²) in [5, 5.41) is 8.56. The minimum absolute atomic E-state index is 0.111. The molecule has 1 aromatic carbocycles. The number of benzene rings is 1. The van der Waals surface area contributed by atoms with Crippen LogP contribution in [0.25, 0.3) is 0 Å². The molecule has 21 heavy (non-hydrogen) atoms. The molecular weight excluding hydrogens is 266 g/mol. The highest BCUT2D eigenvalue weighted by Gasteiger charge is 2.22. The van der Waals surface area contributed by atoms with E-state index in [1.54, 1.807) is 24.3 Å². The lowest BCUT2D eigenvalue weighted by molar-refractivity contribution is -0.114. The Balaban J connectivity index is 1.85. The number of hydrogen-bond acceptors (Lipinski definition) is 2. The highest BCUT2D eigenvalue weighted by Crippen LogP contribution is 2.23. The third-order valence-corrected chi connectivity index (χ3v) is 3.89. The van der Waals surface area contributed by atoms with Crippen molar-refractivity contribution in [1.82, 2.24) is 5.32 Å².